The van der Waals surface area contributed by atoms with Crippen molar-refractivity contribution in [3.05, 3.63) is 64.3 Å². The molecule has 3 saturated carbocycles. The van der Waals surface area contributed by atoms with Crippen molar-refractivity contribution < 1.29 is 23.5 Å². The highest BCUT2D eigenvalue weighted by atomic mass is 35.5. The van der Waals surface area contributed by atoms with Gasteiger partial charge in [0.2, 0.25) is 0 Å². The number of hydrogen-bond acceptors (Lipinski definition) is 6. The topological polar surface area (TPSA) is 115 Å². The highest BCUT2D eigenvalue weighted by Gasteiger charge is 2.53. The highest BCUT2D eigenvalue weighted by molar-refractivity contribution is 6.30. The van der Waals surface area contributed by atoms with Crippen LogP contribution < -0.4 is 10.6 Å². The number of benzene rings is 1. The zero-order valence-electron chi connectivity index (χ0n) is 22.4. The first-order valence-corrected chi connectivity index (χ1v) is 13.6. The van der Waals surface area contributed by atoms with Gasteiger partial charge in [0.25, 0.3) is 11.8 Å². The van der Waals surface area contributed by atoms with Gasteiger partial charge in [-0.25, -0.2) is 13.9 Å². The molecular weight excluding hydrogens is 525 g/mol. The molecule has 3 fully saturated rings. The van der Waals surface area contributed by atoms with E-state index in [1.165, 1.54) is 42.1 Å². The van der Waals surface area contributed by atoms with Crippen molar-refractivity contribution in [2.45, 2.75) is 58.9 Å². The monoisotopic (exact) mass is 557 g/mol. The van der Waals surface area contributed by atoms with Crippen LogP contribution in [-0.4, -0.2) is 46.0 Å². The predicted octanol–water partition coefficient (Wildman–Crippen LogP) is 4.72. The van der Waals surface area contributed by atoms with Gasteiger partial charge in [0.15, 0.2) is 5.65 Å². The molecule has 39 heavy (non-hydrogen) atoms. The molecule has 2 amide bonds. The van der Waals surface area contributed by atoms with Gasteiger partial charge in [-0.15, -0.1) is 0 Å². The summed E-state index contributed by atoms with van der Waals surface area (Å²) in [4.78, 5) is 42.7. The van der Waals surface area contributed by atoms with Gasteiger partial charge in [-0.3, -0.25) is 14.4 Å². The molecule has 208 valence electrons. The minimum atomic E-state index is -0.538. The molecule has 3 aromatic rings. The third-order valence-electron chi connectivity index (χ3n) is 7.91. The number of methoxy groups -OCH3 is 1. The van der Waals surface area contributed by atoms with Crippen molar-refractivity contribution in [3.63, 3.8) is 0 Å². The predicted molar refractivity (Wildman–Crippen MR) is 144 cm³/mol. The van der Waals surface area contributed by atoms with E-state index in [-0.39, 0.29) is 45.7 Å². The third-order valence-corrected chi connectivity index (χ3v) is 8.20. The Kier molecular flexibility index (Phi) is 8.54. The molecule has 2 N–H and O–H groups in total. The van der Waals surface area contributed by atoms with Crippen LogP contribution in [0.1, 0.15) is 78.9 Å². The van der Waals surface area contributed by atoms with Gasteiger partial charge in [0, 0.05) is 25.2 Å². The summed E-state index contributed by atoms with van der Waals surface area (Å²) in [7, 11) is 1.44. The lowest BCUT2D eigenvalue weighted by Crippen LogP contribution is -2.50. The first kappa shape index (κ1) is 28.5. The Morgan fingerprint density at radius 3 is 2.36 bits per heavy atom. The lowest BCUT2D eigenvalue weighted by Gasteiger charge is -2.51. The number of rotatable bonds is 7. The molecule has 6 rings (SSSR count). The zero-order valence-corrected chi connectivity index (χ0v) is 23.1. The number of ether oxygens (including phenoxy) is 1. The number of carbonyl (C=O) groups excluding carboxylic acids is 3. The Labute approximate surface area is 231 Å². The van der Waals surface area contributed by atoms with Crippen LogP contribution in [0.3, 0.4) is 0 Å². The number of amides is 2. The van der Waals surface area contributed by atoms with E-state index in [2.05, 4.69) is 20.7 Å². The Morgan fingerprint density at radius 1 is 1.03 bits per heavy atom. The quantitative estimate of drug-likeness (QED) is 0.406. The second-order valence-corrected chi connectivity index (χ2v) is 10.4. The van der Waals surface area contributed by atoms with Crippen molar-refractivity contribution in [2.24, 2.45) is 10.8 Å². The highest BCUT2D eigenvalue weighted by Crippen LogP contribution is 2.57. The van der Waals surface area contributed by atoms with Crippen molar-refractivity contribution in [2.75, 3.05) is 13.7 Å². The van der Waals surface area contributed by atoms with Crippen molar-refractivity contribution in [1.29, 1.82) is 0 Å². The van der Waals surface area contributed by atoms with E-state index >= 15 is 0 Å². The van der Waals surface area contributed by atoms with Gasteiger partial charge in [-0.05, 0) is 61.6 Å². The van der Waals surface area contributed by atoms with Gasteiger partial charge in [0.05, 0.1) is 23.7 Å². The summed E-state index contributed by atoms with van der Waals surface area (Å²) in [6.45, 7) is 4.59. The van der Waals surface area contributed by atoms with Crippen molar-refractivity contribution in [3.8, 4) is 0 Å². The first-order chi connectivity index (χ1) is 18.7. The molecule has 0 saturated heterocycles. The lowest BCUT2D eigenvalue weighted by atomic mass is 9.53. The van der Waals surface area contributed by atoms with Crippen LogP contribution in [0, 0.1) is 16.6 Å². The molecule has 3 aliphatic carbocycles. The summed E-state index contributed by atoms with van der Waals surface area (Å²) < 4.78 is 19.8. The standard InChI is InChI=1S/C26H27ClFN5O4.C2H6/c1-37-24(36)26-8-5-25(6-9-26,7-10-26)15-30-23(35)20-13-19(32-21-4-11-31-33(20)21)22(34)29-14-16-2-3-18(28)17(27)12-16;1-2/h2-4,11-13H,5-10,14-15H2,1H3,(H,29,34)(H,30,35);1-2H3. The molecule has 0 unspecified atom stereocenters. The molecule has 11 heteroatoms. The maximum absolute atomic E-state index is 13.4. The van der Waals surface area contributed by atoms with Gasteiger partial charge in [-0.1, -0.05) is 31.5 Å². The number of nitrogens with zero attached hydrogens (tertiary/aromatic N) is 3. The van der Waals surface area contributed by atoms with Gasteiger partial charge in [0.1, 0.15) is 17.2 Å². The van der Waals surface area contributed by atoms with E-state index in [0.717, 1.165) is 38.5 Å². The molecule has 0 spiro atoms. The van der Waals surface area contributed by atoms with Crippen LogP contribution in [0.5, 0.6) is 0 Å². The first-order valence-electron chi connectivity index (χ1n) is 13.2. The summed E-state index contributed by atoms with van der Waals surface area (Å²) in [6, 6.07) is 7.22. The van der Waals surface area contributed by atoms with E-state index in [1.54, 1.807) is 6.07 Å². The molecule has 2 aromatic heterocycles. The number of fused-ring (bicyclic) bond motifs is 4. The Morgan fingerprint density at radius 2 is 1.72 bits per heavy atom. The van der Waals surface area contributed by atoms with E-state index in [0.29, 0.717) is 17.8 Å². The normalized spacial score (nSPS) is 21.6. The average molecular weight is 558 g/mol. The molecule has 3 aliphatic rings. The summed E-state index contributed by atoms with van der Waals surface area (Å²) in [5.41, 5.74) is 0.796. The summed E-state index contributed by atoms with van der Waals surface area (Å²) in [5.74, 6) is -1.52. The molecule has 1 aromatic carbocycles. The van der Waals surface area contributed by atoms with Crippen LogP contribution in [0.15, 0.2) is 36.5 Å². The van der Waals surface area contributed by atoms with Crippen LogP contribution >= 0.6 is 11.6 Å². The van der Waals surface area contributed by atoms with Crippen LogP contribution in [-0.2, 0) is 16.1 Å². The molecular formula is C28H33ClFN5O4. The molecule has 0 atom stereocenters. The Hall–Kier alpha value is -3.53. The number of halogens is 2. The number of esters is 1. The summed E-state index contributed by atoms with van der Waals surface area (Å²) in [6.07, 6.45) is 6.33. The maximum atomic E-state index is 13.4. The number of aromatic nitrogens is 3. The van der Waals surface area contributed by atoms with Crippen LogP contribution in [0.25, 0.3) is 5.65 Å². The third kappa shape index (κ3) is 5.75. The minimum absolute atomic E-state index is 0.0316. The number of nitrogens with one attached hydrogen (secondary N) is 2. The van der Waals surface area contributed by atoms with Gasteiger partial charge >= 0.3 is 5.97 Å². The maximum Gasteiger partial charge on any atom is 0.311 e. The summed E-state index contributed by atoms with van der Waals surface area (Å²) >= 11 is 5.82. The van der Waals surface area contributed by atoms with E-state index in [9.17, 15) is 18.8 Å². The fourth-order valence-electron chi connectivity index (χ4n) is 5.52. The molecule has 0 radical (unpaired) electrons. The van der Waals surface area contributed by atoms with Crippen LogP contribution in [0.2, 0.25) is 5.02 Å². The molecule has 2 bridgehead atoms. The second-order valence-electron chi connectivity index (χ2n) is 10.0. The van der Waals surface area contributed by atoms with E-state index < -0.39 is 11.7 Å². The van der Waals surface area contributed by atoms with E-state index in [4.69, 9.17) is 16.3 Å². The number of hydrogen-bond donors (Lipinski definition) is 2. The molecule has 0 aliphatic heterocycles. The van der Waals surface area contributed by atoms with Gasteiger partial charge < -0.3 is 15.4 Å². The van der Waals surface area contributed by atoms with Crippen molar-refractivity contribution >= 4 is 35.0 Å². The lowest BCUT2D eigenvalue weighted by molar-refractivity contribution is -0.162. The van der Waals surface area contributed by atoms with E-state index in [1.807, 2.05) is 13.8 Å². The van der Waals surface area contributed by atoms with Crippen molar-refractivity contribution in [1.82, 2.24) is 25.2 Å². The average Bonchev–Trinajstić information content (AvgIpc) is 3.46. The Bertz CT molecular complexity index is 1370. The molecule has 9 nitrogen and oxygen atoms in total. The fourth-order valence-corrected chi connectivity index (χ4v) is 5.73. The van der Waals surface area contributed by atoms with Crippen LogP contribution in [0.4, 0.5) is 4.39 Å². The largest absolute Gasteiger partial charge is 0.469 e. The summed E-state index contributed by atoms with van der Waals surface area (Å²) in [5, 5.41) is 9.92. The second kappa shape index (κ2) is 11.7. The zero-order chi connectivity index (χ0) is 28.2. The smallest absolute Gasteiger partial charge is 0.311 e. The van der Waals surface area contributed by atoms with Gasteiger partial charge in [-0.2, -0.15) is 5.10 Å². The number of carbonyl (C=O) groups is 3. The molecule has 2 heterocycles. The fraction of sp³-hybridized carbons (Fsp3) is 0.464. The Balaban J connectivity index is 0.00000172. The minimum Gasteiger partial charge on any atom is -0.469 e. The SMILES string of the molecule is CC.COC(=O)C12CCC(CNC(=O)c3cc(C(=O)NCc4ccc(F)c(Cl)c4)nc4ccnn34)(CC1)CC2.